The van der Waals surface area contributed by atoms with Crippen LogP contribution in [0.25, 0.3) is 0 Å². The Kier molecular flexibility index (Phi) is 5.59. The van der Waals surface area contributed by atoms with E-state index in [9.17, 15) is 13.2 Å². The van der Waals surface area contributed by atoms with E-state index in [-0.39, 0.29) is 11.6 Å². The number of rotatable bonds is 6. The predicted octanol–water partition coefficient (Wildman–Crippen LogP) is 3.34. The lowest BCUT2D eigenvalue weighted by Gasteiger charge is -2.27. The molecule has 0 aliphatic heterocycles. The first-order valence-corrected chi connectivity index (χ1v) is 6.78. The van der Waals surface area contributed by atoms with Crippen molar-refractivity contribution in [2.24, 2.45) is 5.92 Å². The minimum absolute atomic E-state index is 0.162. The average molecular weight is 290 g/mol. The molecule has 1 heterocycles. The summed E-state index contributed by atoms with van der Waals surface area (Å²) in [4.78, 5) is 8.67. The summed E-state index contributed by atoms with van der Waals surface area (Å²) in [7, 11) is 0. The summed E-state index contributed by atoms with van der Waals surface area (Å²) >= 11 is 0. The molecule has 114 valence electrons. The number of nitrogen functional groups attached to an aromatic ring is 1. The fourth-order valence-electron chi connectivity index (χ4n) is 1.98. The minimum atomic E-state index is -4.58. The van der Waals surface area contributed by atoms with Gasteiger partial charge in [-0.15, -0.1) is 0 Å². The summed E-state index contributed by atoms with van der Waals surface area (Å²) in [6.45, 7) is 7.25. The van der Waals surface area contributed by atoms with Crippen LogP contribution in [0.3, 0.4) is 0 Å². The van der Waals surface area contributed by atoms with Crippen molar-refractivity contribution in [1.29, 1.82) is 0 Å². The van der Waals surface area contributed by atoms with Gasteiger partial charge < -0.3 is 10.6 Å². The molecule has 0 saturated carbocycles. The second-order valence-electron chi connectivity index (χ2n) is 4.69. The number of nitrogens with zero attached hydrogens (tertiary/aromatic N) is 3. The molecular weight excluding hydrogens is 269 g/mol. The summed E-state index contributed by atoms with van der Waals surface area (Å²) in [5.41, 5.74) is 5.47. The maximum Gasteiger partial charge on any atom is 0.451 e. The van der Waals surface area contributed by atoms with Crippen molar-refractivity contribution in [2.75, 3.05) is 23.7 Å². The first-order chi connectivity index (χ1) is 9.31. The van der Waals surface area contributed by atoms with E-state index in [1.807, 2.05) is 11.8 Å². The highest BCUT2D eigenvalue weighted by atomic mass is 19.4. The molecule has 0 fully saturated rings. The molecule has 1 aromatic heterocycles. The normalized spacial score (nSPS) is 11.9. The van der Waals surface area contributed by atoms with E-state index < -0.39 is 12.0 Å². The first-order valence-electron chi connectivity index (χ1n) is 6.78. The van der Waals surface area contributed by atoms with Gasteiger partial charge in [0.25, 0.3) is 0 Å². The number of alkyl halides is 3. The van der Waals surface area contributed by atoms with Gasteiger partial charge in [0.1, 0.15) is 11.6 Å². The van der Waals surface area contributed by atoms with Crippen molar-refractivity contribution < 1.29 is 13.2 Å². The Bertz CT molecular complexity index is 430. The van der Waals surface area contributed by atoms with Gasteiger partial charge in [-0.3, -0.25) is 0 Å². The van der Waals surface area contributed by atoms with Gasteiger partial charge >= 0.3 is 6.18 Å². The van der Waals surface area contributed by atoms with E-state index in [4.69, 9.17) is 5.73 Å². The smallest absolute Gasteiger partial charge is 0.384 e. The largest absolute Gasteiger partial charge is 0.451 e. The van der Waals surface area contributed by atoms with Gasteiger partial charge in [0.15, 0.2) is 0 Å². The van der Waals surface area contributed by atoms with Crippen molar-refractivity contribution in [2.45, 2.75) is 39.8 Å². The van der Waals surface area contributed by atoms with Crippen LogP contribution in [0.4, 0.5) is 24.8 Å². The molecule has 2 N–H and O–H groups in total. The van der Waals surface area contributed by atoms with Crippen LogP contribution in [0, 0.1) is 5.92 Å². The fourth-order valence-corrected chi connectivity index (χ4v) is 1.98. The molecule has 0 aliphatic rings. The summed E-state index contributed by atoms with van der Waals surface area (Å²) < 4.78 is 38.1. The Hall–Kier alpha value is -1.53. The Balaban J connectivity index is 3.06. The maximum absolute atomic E-state index is 12.7. The summed E-state index contributed by atoms with van der Waals surface area (Å²) in [6.07, 6.45) is -2.64. The van der Waals surface area contributed by atoms with E-state index in [1.165, 1.54) is 6.07 Å². The zero-order valence-electron chi connectivity index (χ0n) is 12.0. The number of hydrogen-bond donors (Lipinski definition) is 1. The molecule has 0 atom stereocenters. The number of hydrogen-bond acceptors (Lipinski definition) is 4. The zero-order chi connectivity index (χ0) is 15.3. The van der Waals surface area contributed by atoms with Gasteiger partial charge in [0.05, 0.1) is 0 Å². The van der Waals surface area contributed by atoms with Crippen LogP contribution in [-0.4, -0.2) is 23.1 Å². The van der Waals surface area contributed by atoms with Crippen molar-refractivity contribution in [3.8, 4) is 0 Å². The molecule has 0 amide bonds. The highest BCUT2D eigenvalue weighted by Crippen LogP contribution is 2.29. The van der Waals surface area contributed by atoms with Crippen LogP contribution in [0.15, 0.2) is 6.07 Å². The molecule has 0 aliphatic carbocycles. The summed E-state index contributed by atoms with van der Waals surface area (Å²) in [6, 6.07) is 1.39. The molecule has 0 radical (unpaired) electrons. The van der Waals surface area contributed by atoms with Gasteiger partial charge in [0, 0.05) is 19.2 Å². The Labute approximate surface area is 117 Å². The molecule has 0 spiro atoms. The Morgan fingerprint density at radius 1 is 1.20 bits per heavy atom. The molecule has 4 nitrogen and oxygen atoms in total. The van der Waals surface area contributed by atoms with Gasteiger partial charge in [0.2, 0.25) is 5.82 Å². The van der Waals surface area contributed by atoms with E-state index in [0.29, 0.717) is 19.0 Å². The lowest BCUT2D eigenvalue weighted by atomic mass is 10.0. The topological polar surface area (TPSA) is 55.0 Å². The molecule has 7 heteroatoms. The lowest BCUT2D eigenvalue weighted by molar-refractivity contribution is -0.144. The van der Waals surface area contributed by atoms with Gasteiger partial charge in [-0.05, 0) is 12.8 Å². The molecule has 0 bridgehead atoms. The van der Waals surface area contributed by atoms with E-state index >= 15 is 0 Å². The molecular formula is C13H21F3N4. The van der Waals surface area contributed by atoms with Gasteiger partial charge in [-0.25, -0.2) is 9.97 Å². The standard InChI is InChI=1S/C13H21F3N4/c1-4-9(5-2)8-20(6-3)11-7-10(17)18-12(19-11)13(14,15)16/h7,9H,4-6,8H2,1-3H3,(H2,17,18,19). The third-order valence-corrected chi connectivity index (χ3v) is 3.32. The third kappa shape index (κ3) is 4.25. The van der Waals surface area contributed by atoms with Crippen LogP contribution in [0.2, 0.25) is 0 Å². The van der Waals surface area contributed by atoms with Crippen LogP contribution in [0.1, 0.15) is 39.4 Å². The number of halogens is 3. The van der Waals surface area contributed by atoms with Gasteiger partial charge in [-0.1, -0.05) is 26.7 Å². The summed E-state index contributed by atoms with van der Waals surface area (Å²) in [5.74, 6) is -0.694. The predicted molar refractivity (Wildman–Crippen MR) is 73.4 cm³/mol. The Morgan fingerprint density at radius 2 is 1.80 bits per heavy atom. The second-order valence-corrected chi connectivity index (χ2v) is 4.69. The Morgan fingerprint density at radius 3 is 2.25 bits per heavy atom. The highest BCUT2D eigenvalue weighted by Gasteiger charge is 2.35. The molecule has 1 rings (SSSR count). The highest BCUT2D eigenvalue weighted by molar-refractivity contribution is 5.47. The van der Waals surface area contributed by atoms with Crippen molar-refractivity contribution >= 4 is 11.6 Å². The minimum Gasteiger partial charge on any atom is -0.384 e. The van der Waals surface area contributed by atoms with Crippen molar-refractivity contribution in [1.82, 2.24) is 9.97 Å². The SMILES string of the molecule is CCC(CC)CN(CC)c1cc(N)nc(C(F)(F)F)n1. The quantitative estimate of drug-likeness (QED) is 0.873. The number of nitrogens with two attached hydrogens (primary N) is 1. The number of anilines is 2. The molecule has 1 aromatic rings. The van der Waals surface area contributed by atoms with Crippen LogP contribution < -0.4 is 10.6 Å². The van der Waals surface area contributed by atoms with Crippen LogP contribution >= 0.6 is 0 Å². The molecule has 0 aromatic carbocycles. The molecule has 20 heavy (non-hydrogen) atoms. The zero-order valence-corrected chi connectivity index (χ0v) is 12.0. The average Bonchev–Trinajstić information content (AvgIpc) is 2.38. The maximum atomic E-state index is 12.7. The summed E-state index contributed by atoms with van der Waals surface area (Å²) in [5, 5.41) is 0. The first kappa shape index (κ1) is 16.5. The number of aromatic nitrogens is 2. The van der Waals surface area contributed by atoms with Crippen LogP contribution in [0.5, 0.6) is 0 Å². The van der Waals surface area contributed by atoms with Crippen molar-refractivity contribution in [3.05, 3.63) is 11.9 Å². The van der Waals surface area contributed by atoms with E-state index in [1.54, 1.807) is 0 Å². The van der Waals surface area contributed by atoms with Gasteiger partial charge in [-0.2, -0.15) is 13.2 Å². The van der Waals surface area contributed by atoms with Crippen LogP contribution in [-0.2, 0) is 6.18 Å². The van der Waals surface area contributed by atoms with E-state index in [2.05, 4.69) is 23.8 Å². The molecule has 0 saturated heterocycles. The van der Waals surface area contributed by atoms with E-state index in [0.717, 1.165) is 12.8 Å². The van der Waals surface area contributed by atoms with Crippen molar-refractivity contribution in [3.63, 3.8) is 0 Å². The fraction of sp³-hybridized carbons (Fsp3) is 0.692. The lowest BCUT2D eigenvalue weighted by Crippen LogP contribution is -2.30. The second kappa shape index (κ2) is 6.76. The molecule has 0 unspecified atom stereocenters. The monoisotopic (exact) mass is 290 g/mol. The third-order valence-electron chi connectivity index (χ3n) is 3.32.